The van der Waals surface area contributed by atoms with Crippen LogP contribution in [-0.4, -0.2) is 63.9 Å². The first-order chi connectivity index (χ1) is 17.5. The van der Waals surface area contributed by atoms with Crippen LogP contribution >= 0.6 is 0 Å². The van der Waals surface area contributed by atoms with E-state index in [4.69, 9.17) is 4.98 Å². The van der Waals surface area contributed by atoms with E-state index >= 15 is 0 Å². The number of hydrogen-bond donors (Lipinski definition) is 2. The second kappa shape index (κ2) is 9.25. The van der Waals surface area contributed by atoms with Gasteiger partial charge < -0.3 is 19.7 Å². The Kier molecular flexibility index (Phi) is 5.78. The summed E-state index contributed by atoms with van der Waals surface area (Å²) in [7, 11) is 1.44. The van der Waals surface area contributed by atoms with Crippen molar-refractivity contribution in [2.45, 2.75) is 25.6 Å². The number of piperidine rings is 1. The van der Waals surface area contributed by atoms with E-state index in [0.717, 1.165) is 65.6 Å². The van der Waals surface area contributed by atoms with Gasteiger partial charge >= 0.3 is 7.05 Å². The minimum Gasteiger partial charge on any atom is -0.437 e. The Bertz CT molecular complexity index is 1470. The van der Waals surface area contributed by atoms with Crippen LogP contribution in [0.4, 0.5) is 11.5 Å². The molecule has 36 heavy (non-hydrogen) atoms. The first kappa shape index (κ1) is 22.5. The van der Waals surface area contributed by atoms with Gasteiger partial charge in [-0.3, -0.25) is 4.68 Å². The minimum atomic E-state index is -0.468. The van der Waals surface area contributed by atoms with Crippen molar-refractivity contribution in [1.29, 1.82) is 0 Å². The van der Waals surface area contributed by atoms with Crippen molar-refractivity contribution in [2.75, 3.05) is 18.4 Å². The van der Waals surface area contributed by atoms with E-state index in [1.165, 1.54) is 0 Å². The van der Waals surface area contributed by atoms with E-state index in [9.17, 15) is 5.02 Å². The molecule has 4 aromatic heterocycles. The van der Waals surface area contributed by atoms with Crippen LogP contribution in [0.2, 0.25) is 6.82 Å². The maximum Gasteiger partial charge on any atom is 0.376 e. The van der Waals surface area contributed by atoms with Crippen LogP contribution in [0.3, 0.4) is 0 Å². The van der Waals surface area contributed by atoms with Gasteiger partial charge in [-0.15, -0.1) is 0 Å². The van der Waals surface area contributed by atoms with Gasteiger partial charge in [-0.1, -0.05) is 0 Å². The lowest BCUT2D eigenvalue weighted by Crippen LogP contribution is -2.43. The zero-order valence-electron chi connectivity index (χ0n) is 20.4. The van der Waals surface area contributed by atoms with Gasteiger partial charge in [-0.2, -0.15) is 14.7 Å². The lowest BCUT2D eigenvalue weighted by molar-refractivity contribution is 0.283. The summed E-state index contributed by atoms with van der Waals surface area (Å²) in [6, 6.07) is 10.3. The van der Waals surface area contributed by atoms with Crippen molar-refractivity contribution >= 4 is 24.2 Å². The smallest absolute Gasteiger partial charge is 0.376 e. The zero-order chi connectivity index (χ0) is 24.6. The van der Waals surface area contributed by atoms with E-state index in [1.807, 2.05) is 59.9 Å². The van der Waals surface area contributed by atoms with E-state index in [0.29, 0.717) is 0 Å². The summed E-state index contributed by atoms with van der Waals surface area (Å²) in [6.07, 6.45) is 13.2. The van der Waals surface area contributed by atoms with E-state index in [1.54, 1.807) is 17.2 Å². The second-order valence-corrected chi connectivity index (χ2v) is 9.37. The topological polar surface area (TPSA) is 101 Å². The monoisotopic (exact) mass is 481 g/mol. The Balaban J connectivity index is 1.40. The predicted molar refractivity (Wildman–Crippen MR) is 139 cm³/mol. The molecule has 1 aliphatic heterocycles. The Morgan fingerprint density at radius 3 is 2.72 bits per heavy atom. The lowest BCUT2D eigenvalue weighted by Gasteiger charge is -2.33. The van der Waals surface area contributed by atoms with Crippen LogP contribution < -0.4 is 5.32 Å². The third-order valence-electron chi connectivity index (χ3n) is 6.85. The first-order valence-electron chi connectivity index (χ1n) is 12.2. The van der Waals surface area contributed by atoms with Crippen LogP contribution in [0, 0.1) is 0 Å². The van der Waals surface area contributed by atoms with Crippen LogP contribution in [0.25, 0.3) is 22.5 Å². The largest absolute Gasteiger partial charge is 0.437 e. The molecule has 0 radical (unpaired) electrons. The van der Waals surface area contributed by atoms with Gasteiger partial charge in [-0.25, -0.2) is 9.97 Å². The number of rotatable bonds is 6. The van der Waals surface area contributed by atoms with Gasteiger partial charge in [0.25, 0.3) is 0 Å². The summed E-state index contributed by atoms with van der Waals surface area (Å²) in [5, 5.41) is 22.8. The highest BCUT2D eigenvalue weighted by Crippen LogP contribution is 2.32. The summed E-state index contributed by atoms with van der Waals surface area (Å²) in [6.45, 7) is 3.51. The van der Waals surface area contributed by atoms with E-state index in [-0.39, 0.29) is 5.92 Å². The molecule has 1 fully saturated rings. The molecule has 0 saturated carbocycles. The molecule has 182 valence electrons. The number of nitrogens with zero attached hydrogens (tertiary/aromatic N) is 8. The number of aryl methyl sites for hydroxylation is 1. The van der Waals surface area contributed by atoms with Crippen LogP contribution in [0.5, 0.6) is 0 Å². The molecule has 1 saturated heterocycles. The molecule has 0 amide bonds. The van der Waals surface area contributed by atoms with Gasteiger partial charge in [-0.05, 0) is 57.0 Å². The molecule has 5 heterocycles. The highest BCUT2D eigenvalue weighted by molar-refractivity contribution is 6.45. The number of nitrogens with one attached hydrogen (secondary N) is 1. The van der Waals surface area contributed by atoms with E-state index < -0.39 is 7.05 Å². The number of aromatic nitrogens is 7. The lowest BCUT2D eigenvalue weighted by atomic mass is 9.80. The van der Waals surface area contributed by atoms with E-state index in [2.05, 4.69) is 43.5 Å². The molecule has 0 spiro atoms. The molecule has 2 N–H and O–H groups in total. The van der Waals surface area contributed by atoms with Gasteiger partial charge in [0.15, 0.2) is 5.65 Å². The highest BCUT2D eigenvalue weighted by Gasteiger charge is 2.28. The number of hydrogen-bond acceptors (Lipinski definition) is 7. The molecule has 1 aliphatic rings. The molecule has 0 bridgehead atoms. The Morgan fingerprint density at radius 1 is 1.14 bits per heavy atom. The van der Waals surface area contributed by atoms with Crippen molar-refractivity contribution in [3.05, 3.63) is 73.3 Å². The molecule has 5 aromatic rings. The fourth-order valence-electron chi connectivity index (χ4n) is 4.91. The maximum absolute atomic E-state index is 10.2. The number of imidazole rings is 1. The predicted octanol–water partition coefficient (Wildman–Crippen LogP) is 3.35. The standard InChI is InChI=1S/C25H28BN9O/c1-26(36)34-10-3-4-18(16-34)23-12-24(30-20-5-7-21(8-6-20)33-11-9-27-17-33)35-25(31-23)22(14-29-35)19-13-28-32(2)15-19/h5-9,11-15,17-18,30,36H,3-4,10,16H2,1-2H3. The Labute approximate surface area is 209 Å². The summed E-state index contributed by atoms with van der Waals surface area (Å²) < 4.78 is 5.60. The Morgan fingerprint density at radius 2 is 2.00 bits per heavy atom. The van der Waals surface area contributed by atoms with Gasteiger partial charge in [0.05, 0.1) is 24.4 Å². The number of fused-ring (bicyclic) bond motifs is 1. The Hall–Kier alpha value is -3.96. The second-order valence-electron chi connectivity index (χ2n) is 9.37. The molecular formula is C25H28BN9O. The summed E-state index contributed by atoms with van der Waals surface area (Å²) >= 11 is 0. The van der Waals surface area contributed by atoms with Crippen molar-refractivity contribution in [2.24, 2.45) is 7.05 Å². The van der Waals surface area contributed by atoms with Gasteiger partial charge in [0.2, 0.25) is 0 Å². The van der Waals surface area contributed by atoms with Crippen molar-refractivity contribution in [1.82, 2.24) is 38.7 Å². The molecular weight excluding hydrogens is 453 g/mol. The van der Waals surface area contributed by atoms with Gasteiger partial charge in [0.1, 0.15) is 5.82 Å². The third kappa shape index (κ3) is 4.27. The zero-order valence-corrected chi connectivity index (χ0v) is 20.4. The minimum absolute atomic E-state index is 0.221. The average molecular weight is 481 g/mol. The van der Waals surface area contributed by atoms with Crippen molar-refractivity contribution in [3.8, 4) is 16.8 Å². The number of benzene rings is 1. The fraction of sp³-hybridized carbons (Fsp3) is 0.280. The molecule has 0 aliphatic carbocycles. The number of anilines is 2. The highest BCUT2D eigenvalue weighted by atomic mass is 16.2. The fourth-order valence-corrected chi connectivity index (χ4v) is 4.91. The first-order valence-corrected chi connectivity index (χ1v) is 12.2. The van der Waals surface area contributed by atoms with Crippen molar-refractivity contribution < 1.29 is 5.02 Å². The normalized spacial score (nSPS) is 16.5. The molecule has 11 heteroatoms. The summed E-state index contributed by atoms with van der Waals surface area (Å²) in [5.74, 6) is 1.06. The molecule has 6 rings (SSSR count). The molecule has 1 unspecified atom stereocenters. The quantitative estimate of drug-likeness (QED) is 0.359. The summed E-state index contributed by atoms with van der Waals surface area (Å²) in [4.78, 5) is 11.3. The van der Waals surface area contributed by atoms with Crippen molar-refractivity contribution in [3.63, 3.8) is 0 Å². The third-order valence-corrected chi connectivity index (χ3v) is 6.85. The van der Waals surface area contributed by atoms with Crippen LogP contribution in [0.1, 0.15) is 24.5 Å². The van der Waals surface area contributed by atoms with Gasteiger partial charge in [0, 0.05) is 60.1 Å². The molecule has 1 aromatic carbocycles. The SMILES string of the molecule is CB(O)N1CCCC(c2cc(Nc3ccc(-n4ccnc4)cc3)n3ncc(-c4cnn(C)c4)c3n2)C1. The maximum atomic E-state index is 10.2. The molecule has 1 atom stereocenters. The molecule has 10 nitrogen and oxygen atoms in total. The van der Waals surface area contributed by atoms with Crippen LogP contribution in [0.15, 0.2) is 67.6 Å². The summed E-state index contributed by atoms with van der Waals surface area (Å²) in [5.41, 5.74) is 5.68. The average Bonchev–Trinajstić information content (AvgIpc) is 3.66. The van der Waals surface area contributed by atoms with Crippen LogP contribution in [-0.2, 0) is 7.05 Å².